The van der Waals surface area contributed by atoms with E-state index in [0.717, 1.165) is 49.9 Å². The van der Waals surface area contributed by atoms with Crippen molar-refractivity contribution in [2.24, 2.45) is 0 Å². The van der Waals surface area contributed by atoms with Crippen LogP contribution >= 0.6 is 0 Å². The minimum Gasteiger partial charge on any atom is -0.467 e. The van der Waals surface area contributed by atoms with Gasteiger partial charge in [0.05, 0.1) is 24.2 Å². The smallest absolute Gasteiger partial charge is 0.243 e. The van der Waals surface area contributed by atoms with E-state index >= 15 is 0 Å². The lowest BCUT2D eigenvalue weighted by molar-refractivity contribution is -0.142. The number of furan rings is 1. The Morgan fingerprint density at radius 2 is 1.88 bits per heavy atom. The van der Waals surface area contributed by atoms with Crippen LogP contribution in [0, 0.1) is 5.82 Å². The van der Waals surface area contributed by atoms with E-state index < -0.39 is 34.3 Å². The highest BCUT2D eigenvalue weighted by Gasteiger charge is 2.35. The quantitative estimate of drug-likeness (QED) is 0.561. The van der Waals surface area contributed by atoms with Gasteiger partial charge < -0.3 is 14.6 Å². The van der Waals surface area contributed by atoms with Gasteiger partial charge in [-0.3, -0.25) is 9.59 Å². The van der Waals surface area contributed by atoms with Crippen molar-refractivity contribution in [3.05, 3.63) is 54.2 Å². The predicted molar refractivity (Wildman–Crippen MR) is 115 cm³/mol. The number of hydrogen-bond donors (Lipinski definition) is 2. The molecule has 2 N–H and O–H groups in total. The number of nitrogens with one attached hydrogen (secondary N) is 2. The third-order valence-electron chi connectivity index (χ3n) is 5.59. The van der Waals surface area contributed by atoms with Crippen LogP contribution in [-0.2, 0) is 26.2 Å². The van der Waals surface area contributed by atoms with Crippen molar-refractivity contribution in [2.45, 2.75) is 62.6 Å². The first kappa shape index (κ1) is 23.9. The van der Waals surface area contributed by atoms with E-state index in [1.165, 1.54) is 11.2 Å². The van der Waals surface area contributed by atoms with Gasteiger partial charge in [0.2, 0.25) is 21.8 Å². The van der Waals surface area contributed by atoms with Crippen molar-refractivity contribution in [1.82, 2.24) is 14.9 Å². The number of nitrogens with zero attached hydrogens (tertiary/aromatic N) is 1. The van der Waals surface area contributed by atoms with Crippen molar-refractivity contribution in [2.75, 3.05) is 6.54 Å². The third kappa shape index (κ3) is 5.95. The van der Waals surface area contributed by atoms with Gasteiger partial charge in [0, 0.05) is 6.04 Å². The standard InChI is InChI=1S/C22H28FN3O5S/c1-2-20(22(28)24-14-18-8-5-13-31-18)26(17-6-3-4-7-17)21(27)15-25-32(29,30)19-11-9-16(23)10-12-19/h5,8-13,17,20,25H,2-4,6-7,14-15H2,1H3,(H,24,28)/t20-/m1/s1. The molecule has 0 unspecified atom stereocenters. The molecular weight excluding hydrogens is 437 g/mol. The van der Waals surface area contributed by atoms with Crippen LogP contribution in [0.25, 0.3) is 0 Å². The molecule has 1 heterocycles. The normalized spacial score (nSPS) is 15.4. The summed E-state index contributed by atoms with van der Waals surface area (Å²) in [6.45, 7) is 1.53. The summed E-state index contributed by atoms with van der Waals surface area (Å²) >= 11 is 0. The Hall–Kier alpha value is -2.72. The molecule has 2 amide bonds. The lowest BCUT2D eigenvalue weighted by Gasteiger charge is -2.35. The second-order valence-corrected chi connectivity index (χ2v) is 9.51. The lowest BCUT2D eigenvalue weighted by atomic mass is 10.1. The maximum Gasteiger partial charge on any atom is 0.243 e. The zero-order valence-corrected chi connectivity index (χ0v) is 18.7. The first-order valence-electron chi connectivity index (χ1n) is 10.7. The third-order valence-corrected chi connectivity index (χ3v) is 7.00. The first-order valence-corrected chi connectivity index (χ1v) is 12.2. The molecule has 1 aromatic heterocycles. The highest BCUT2D eigenvalue weighted by Crippen LogP contribution is 2.26. The molecule has 0 aliphatic heterocycles. The summed E-state index contributed by atoms with van der Waals surface area (Å²) in [7, 11) is -4.00. The fraction of sp³-hybridized carbons (Fsp3) is 0.455. The molecule has 3 rings (SSSR count). The number of benzene rings is 1. The summed E-state index contributed by atoms with van der Waals surface area (Å²) < 4.78 is 45.6. The van der Waals surface area contributed by atoms with Crippen molar-refractivity contribution in [3.8, 4) is 0 Å². The largest absolute Gasteiger partial charge is 0.467 e. The second-order valence-electron chi connectivity index (χ2n) is 7.74. The summed E-state index contributed by atoms with van der Waals surface area (Å²) in [5, 5.41) is 2.80. The van der Waals surface area contributed by atoms with E-state index in [-0.39, 0.29) is 23.4 Å². The zero-order valence-electron chi connectivity index (χ0n) is 17.9. The molecule has 0 bridgehead atoms. The fourth-order valence-electron chi connectivity index (χ4n) is 3.97. The average Bonchev–Trinajstić information content (AvgIpc) is 3.49. The van der Waals surface area contributed by atoms with Crippen molar-refractivity contribution in [1.29, 1.82) is 0 Å². The number of halogens is 1. The van der Waals surface area contributed by atoms with Crippen molar-refractivity contribution in [3.63, 3.8) is 0 Å². The summed E-state index contributed by atoms with van der Waals surface area (Å²) in [5.74, 6) is -0.745. The molecule has 1 fully saturated rings. The molecule has 1 aliphatic carbocycles. The SMILES string of the molecule is CC[C@H](C(=O)NCc1ccco1)N(C(=O)CNS(=O)(=O)c1ccc(F)cc1)C1CCCC1. The maximum atomic E-state index is 13.1. The monoisotopic (exact) mass is 465 g/mol. The van der Waals surface area contributed by atoms with E-state index in [0.29, 0.717) is 12.2 Å². The first-order chi connectivity index (χ1) is 15.3. The zero-order chi connectivity index (χ0) is 23.1. The highest BCUT2D eigenvalue weighted by atomic mass is 32.2. The van der Waals surface area contributed by atoms with Gasteiger partial charge in [-0.15, -0.1) is 0 Å². The molecule has 0 spiro atoms. The second kappa shape index (κ2) is 10.7. The number of amides is 2. The van der Waals surface area contributed by atoms with Crippen LogP contribution in [0.5, 0.6) is 0 Å². The molecule has 1 atom stereocenters. The molecule has 8 nitrogen and oxygen atoms in total. The molecular formula is C22H28FN3O5S. The van der Waals surface area contributed by atoms with Gasteiger partial charge in [0.15, 0.2) is 0 Å². The van der Waals surface area contributed by atoms with E-state index in [9.17, 15) is 22.4 Å². The maximum absolute atomic E-state index is 13.1. The Bertz CT molecular complexity index is 1000. The predicted octanol–water partition coefficient (Wildman–Crippen LogP) is 2.56. The van der Waals surface area contributed by atoms with Crippen LogP contribution in [-0.4, -0.2) is 43.8 Å². The van der Waals surface area contributed by atoms with Crippen molar-refractivity contribution >= 4 is 21.8 Å². The Labute approximate surface area is 187 Å². The van der Waals surface area contributed by atoms with Gasteiger partial charge in [-0.25, -0.2) is 17.5 Å². The van der Waals surface area contributed by atoms with Crippen LogP contribution in [0.3, 0.4) is 0 Å². The van der Waals surface area contributed by atoms with Gasteiger partial charge >= 0.3 is 0 Å². The summed E-state index contributed by atoms with van der Waals surface area (Å²) in [5.41, 5.74) is 0. The molecule has 2 aromatic rings. The van der Waals surface area contributed by atoms with Crippen LogP contribution in [0.2, 0.25) is 0 Å². The van der Waals surface area contributed by atoms with E-state index in [4.69, 9.17) is 4.42 Å². The number of sulfonamides is 1. The van der Waals surface area contributed by atoms with Crippen LogP contribution in [0.4, 0.5) is 4.39 Å². The fourth-order valence-corrected chi connectivity index (χ4v) is 4.95. The van der Waals surface area contributed by atoms with Crippen LogP contribution in [0.1, 0.15) is 44.8 Å². The summed E-state index contributed by atoms with van der Waals surface area (Å²) in [4.78, 5) is 27.4. The molecule has 174 valence electrons. The van der Waals surface area contributed by atoms with Gasteiger partial charge in [-0.1, -0.05) is 19.8 Å². The van der Waals surface area contributed by atoms with E-state index in [1.54, 1.807) is 12.1 Å². The molecule has 0 radical (unpaired) electrons. The van der Waals surface area contributed by atoms with E-state index in [2.05, 4.69) is 10.0 Å². The molecule has 0 saturated heterocycles. The molecule has 10 heteroatoms. The Balaban J connectivity index is 1.71. The average molecular weight is 466 g/mol. The molecule has 32 heavy (non-hydrogen) atoms. The number of hydrogen-bond acceptors (Lipinski definition) is 5. The van der Waals surface area contributed by atoms with Crippen LogP contribution < -0.4 is 10.0 Å². The van der Waals surface area contributed by atoms with Gasteiger partial charge in [-0.05, 0) is 55.7 Å². The minimum absolute atomic E-state index is 0.128. The van der Waals surface area contributed by atoms with Gasteiger partial charge in [0.25, 0.3) is 0 Å². The van der Waals surface area contributed by atoms with Crippen molar-refractivity contribution < 1.29 is 26.8 Å². The number of carbonyl (C=O) groups is 2. The number of carbonyl (C=O) groups excluding carboxylic acids is 2. The lowest BCUT2D eigenvalue weighted by Crippen LogP contribution is -2.55. The number of rotatable bonds is 10. The Morgan fingerprint density at radius 3 is 2.47 bits per heavy atom. The topological polar surface area (TPSA) is 109 Å². The summed E-state index contributed by atoms with van der Waals surface area (Å²) in [6, 6.07) is 6.95. The molecule has 1 aromatic carbocycles. The van der Waals surface area contributed by atoms with Crippen LogP contribution in [0.15, 0.2) is 52.0 Å². The van der Waals surface area contributed by atoms with Gasteiger partial charge in [-0.2, -0.15) is 0 Å². The summed E-state index contributed by atoms with van der Waals surface area (Å²) in [6.07, 6.45) is 5.31. The highest BCUT2D eigenvalue weighted by molar-refractivity contribution is 7.89. The van der Waals surface area contributed by atoms with E-state index in [1.807, 2.05) is 6.92 Å². The minimum atomic E-state index is -4.00. The van der Waals surface area contributed by atoms with Gasteiger partial charge in [0.1, 0.15) is 17.6 Å². The Morgan fingerprint density at radius 1 is 1.19 bits per heavy atom. The Kier molecular flexibility index (Phi) is 8.03. The molecule has 1 aliphatic rings. The molecule has 1 saturated carbocycles.